The third-order valence-electron chi connectivity index (χ3n) is 11.6. The van der Waals surface area contributed by atoms with Crippen molar-refractivity contribution in [1.82, 2.24) is 0 Å². The fourth-order valence-corrected chi connectivity index (χ4v) is 9.75. The van der Waals surface area contributed by atoms with Crippen molar-refractivity contribution in [2.75, 3.05) is 7.11 Å². The summed E-state index contributed by atoms with van der Waals surface area (Å²) in [6, 6.07) is 3.12. The molecule has 1 saturated carbocycles. The monoisotopic (exact) mass is 626 g/mol. The van der Waals surface area contributed by atoms with Gasteiger partial charge in [-0.05, 0) is 61.1 Å². The summed E-state index contributed by atoms with van der Waals surface area (Å²) in [5, 5.41) is 11.5. The number of hydrogen-bond donors (Lipinski definition) is 1. The van der Waals surface area contributed by atoms with Gasteiger partial charge in [0, 0.05) is 28.2 Å². The van der Waals surface area contributed by atoms with E-state index in [0.717, 1.165) is 16.7 Å². The molecule has 11 heteroatoms. The van der Waals surface area contributed by atoms with Crippen LogP contribution in [0.25, 0.3) is 0 Å². The molecule has 2 aliphatic heterocycles. The van der Waals surface area contributed by atoms with E-state index in [4.69, 9.17) is 18.6 Å². The van der Waals surface area contributed by atoms with Gasteiger partial charge in [-0.15, -0.1) is 0 Å². The lowest BCUT2D eigenvalue weighted by Gasteiger charge is -2.60. The smallest absolute Gasteiger partial charge is 0.316 e. The first kappa shape index (κ1) is 30.0. The zero-order valence-corrected chi connectivity index (χ0v) is 25.4. The lowest BCUT2D eigenvalue weighted by molar-refractivity contribution is -0.191. The number of aliphatic hydroxyl groups excluding tert-OH is 1. The molecule has 1 aromatic heterocycles. The van der Waals surface area contributed by atoms with Gasteiger partial charge >= 0.3 is 11.9 Å². The van der Waals surface area contributed by atoms with E-state index < -0.39 is 87.1 Å². The average Bonchev–Trinajstić information content (AvgIpc) is 3.76. The zero-order chi connectivity index (χ0) is 32.4. The Morgan fingerprint density at radius 1 is 1.13 bits per heavy atom. The van der Waals surface area contributed by atoms with Gasteiger partial charge in [0.15, 0.2) is 23.2 Å². The van der Waals surface area contributed by atoms with E-state index in [2.05, 4.69) is 0 Å². The fraction of sp³-hybridized carbons (Fsp3) is 0.500. The fourth-order valence-electron chi connectivity index (χ4n) is 9.75. The first-order chi connectivity index (χ1) is 21.2. The summed E-state index contributed by atoms with van der Waals surface area (Å²) in [6.07, 6.45) is 1.10. The number of furan rings is 1. The van der Waals surface area contributed by atoms with E-state index in [1.165, 1.54) is 13.2 Å². The van der Waals surface area contributed by atoms with Crippen molar-refractivity contribution in [3.05, 3.63) is 82.1 Å². The number of benzene rings is 1. The van der Waals surface area contributed by atoms with Crippen molar-refractivity contribution in [1.29, 1.82) is 0 Å². The molecule has 3 aliphatic carbocycles. The summed E-state index contributed by atoms with van der Waals surface area (Å²) in [7, 11) is 1.25. The van der Waals surface area contributed by atoms with Crippen LogP contribution in [-0.2, 0) is 28.6 Å². The normalized spacial score (nSPS) is 38.8. The lowest BCUT2D eigenvalue weighted by Crippen LogP contribution is -2.67. The molecule has 7 rings (SSSR count). The second-order valence-corrected chi connectivity index (χ2v) is 13.6. The molecule has 1 N–H and O–H groups in total. The molecule has 238 valence electrons. The van der Waals surface area contributed by atoms with Crippen molar-refractivity contribution < 1.29 is 51.3 Å². The number of allylic oxidation sites excluding steroid dienone is 1. The van der Waals surface area contributed by atoms with Crippen molar-refractivity contribution >= 4 is 17.7 Å². The summed E-state index contributed by atoms with van der Waals surface area (Å²) < 4.78 is 65.6. The highest BCUT2D eigenvalue weighted by Crippen LogP contribution is 2.73. The van der Waals surface area contributed by atoms with Crippen LogP contribution in [0.2, 0.25) is 0 Å². The lowest BCUT2D eigenvalue weighted by atomic mass is 9.41. The first-order valence-corrected chi connectivity index (χ1v) is 15.0. The highest BCUT2D eigenvalue weighted by Gasteiger charge is 2.78. The SMILES string of the molecule is COC(=O)C[C@H]1[C@]2(C)C3=C(C)[C@H](c4ccoc4)C[C@@H]3O[C@@H]2C2OC(=O)[C@]3(C)C=C(C(O)c4cc(F)c(F)c(F)c4)C(=O)[C@@]1(C)C23. The number of rotatable bonds is 5. The highest BCUT2D eigenvalue weighted by atomic mass is 19.2. The highest BCUT2D eigenvalue weighted by molar-refractivity contribution is 6.05. The van der Waals surface area contributed by atoms with Crippen molar-refractivity contribution in [2.45, 2.75) is 70.9 Å². The van der Waals surface area contributed by atoms with Gasteiger partial charge in [0.05, 0.1) is 37.6 Å². The van der Waals surface area contributed by atoms with Crippen molar-refractivity contribution in [3.8, 4) is 0 Å². The van der Waals surface area contributed by atoms with Gasteiger partial charge in [0.25, 0.3) is 0 Å². The molecule has 8 nitrogen and oxygen atoms in total. The van der Waals surface area contributed by atoms with Gasteiger partial charge in [0.1, 0.15) is 18.3 Å². The molecule has 10 atom stereocenters. The number of carbonyl (C=O) groups is 3. The van der Waals surface area contributed by atoms with Crippen molar-refractivity contribution in [2.24, 2.45) is 28.1 Å². The summed E-state index contributed by atoms with van der Waals surface area (Å²) in [6.45, 7) is 7.18. The van der Waals surface area contributed by atoms with Crippen LogP contribution in [0, 0.1) is 45.5 Å². The molecule has 0 amide bonds. The van der Waals surface area contributed by atoms with Gasteiger partial charge in [0.2, 0.25) is 0 Å². The molecule has 0 spiro atoms. The Labute approximate surface area is 257 Å². The van der Waals surface area contributed by atoms with Gasteiger partial charge in [-0.2, -0.15) is 0 Å². The summed E-state index contributed by atoms with van der Waals surface area (Å²) in [4.78, 5) is 41.8. The predicted molar refractivity (Wildman–Crippen MR) is 150 cm³/mol. The van der Waals surface area contributed by atoms with Crippen molar-refractivity contribution in [3.63, 3.8) is 0 Å². The number of ether oxygens (including phenoxy) is 3. The van der Waals surface area contributed by atoms with Gasteiger partial charge in [-0.1, -0.05) is 25.5 Å². The third kappa shape index (κ3) is 3.71. The van der Waals surface area contributed by atoms with E-state index >= 15 is 0 Å². The summed E-state index contributed by atoms with van der Waals surface area (Å²) in [5.74, 6) is -8.28. The number of halogens is 3. The van der Waals surface area contributed by atoms with E-state index in [0.29, 0.717) is 18.6 Å². The minimum Gasteiger partial charge on any atom is -0.472 e. The van der Waals surface area contributed by atoms with Crippen LogP contribution in [0.5, 0.6) is 0 Å². The van der Waals surface area contributed by atoms with E-state index in [-0.39, 0.29) is 24.0 Å². The molecular formula is C34H33F3O8. The number of hydrogen-bond acceptors (Lipinski definition) is 8. The Kier molecular flexibility index (Phi) is 6.43. The van der Waals surface area contributed by atoms with E-state index in [1.807, 2.05) is 19.9 Å². The van der Waals surface area contributed by atoms with Crippen LogP contribution in [0.4, 0.5) is 13.2 Å². The molecule has 0 radical (unpaired) electrons. The number of aliphatic hydroxyl groups is 1. The topological polar surface area (TPSA) is 112 Å². The van der Waals surface area contributed by atoms with E-state index in [9.17, 15) is 32.7 Å². The van der Waals surface area contributed by atoms with Crippen LogP contribution in [-0.4, -0.2) is 48.3 Å². The van der Waals surface area contributed by atoms with Crippen LogP contribution < -0.4 is 0 Å². The maximum atomic E-state index is 14.9. The predicted octanol–water partition coefficient (Wildman–Crippen LogP) is 5.26. The number of Topliss-reactive ketones (excluding diaryl/α,β-unsaturated/α-hetero) is 1. The molecule has 3 heterocycles. The largest absolute Gasteiger partial charge is 0.472 e. The molecule has 2 aromatic rings. The quantitative estimate of drug-likeness (QED) is 0.272. The zero-order valence-electron chi connectivity index (χ0n) is 25.4. The van der Waals surface area contributed by atoms with Crippen LogP contribution >= 0.6 is 0 Å². The van der Waals surface area contributed by atoms with Crippen LogP contribution in [0.3, 0.4) is 0 Å². The second kappa shape index (κ2) is 9.65. The Morgan fingerprint density at radius 2 is 1.82 bits per heavy atom. The molecule has 2 saturated heterocycles. The molecular weight excluding hydrogens is 593 g/mol. The van der Waals surface area contributed by atoms with Crippen LogP contribution in [0.15, 0.2) is 57.9 Å². The number of methoxy groups -OCH3 is 1. The molecule has 45 heavy (non-hydrogen) atoms. The van der Waals surface area contributed by atoms with Gasteiger partial charge < -0.3 is 23.7 Å². The average molecular weight is 627 g/mol. The number of carbonyl (C=O) groups excluding carboxylic acids is 3. The Hall–Kier alpha value is -3.70. The Bertz CT molecular complexity index is 1690. The van der Waals surface area contributed by atoms with Crippen LogP contribution in [0.1, 0.15) is 63.7 Å². The third-order valence-corrected chi connectivity index (χ3v) is 11.6. The second-order valence-electron chi connectivity index (χ2n) is 13.6. The first-order valence-electron chi connectivity index (χ1n) is 15.0. The molecule has 1 aromatic carbocycles. The Morgan fingerprint density at radius 3 is 2.44 bits per heavy atom. The summed E-state index contributed by atoms with van der Waals surface area (Å²) in [5.41, 5.74) is -1.79. The van der Waals surface area contributed by atoms with Gasteiger partial charge in [-0.3, -0.25) is 14.4 Å². The van der Waals surface area contributed by atoms with Gasteiger partial charge in [-0.25, -0.2) is 13.2 Å². The molecule has 3 fully saturated rings. The maximum absolute atomic E-state index is 14.9. The number of esters is 2. The molecule has 0 bridgehead atoms. The maximum Gasteiger partial charge on any atom is 0.316 e. The minimum atomic E-state index is -1.90. The Balaban J connectivity index is 1.43. The standard InChI is InChI=1S/C34H33F3O8/c1-14-17(15-6-7-43-13-15)10-21-24(14)33(3)22(11-23(38)42-5)34(4)28-27(30(33)44-21)45-31(41)32(28,2)12-18(29(34)40)26(39)16-8-19(35)25(37)20(36)9-16/h6-9,12-13,17,21-22,26-28,30,39H,10-11H2,1-5H3/t17-,21+,22+,26?,27?,28?,30-,32-,33-,34-/m1/s1. The number of fused-ring (bicyclic) bond motifs is 4. The molecule has 3 unspecified atom stereocenters. The molecule has 5 aliphatic rings. The number of ketones is 1. The van der Waals surface area contributed by atoms with E-state index in [1.54, 1.807) is 26.4 Å². The minimum absolute atomic E-state index is 0.0372. The summed E-state index contributed by atoms with van der Waals surface area (Å²) >= 11 is 0.